The summed E-state index contributed by atoms with van der Waals surface area (Å²) in [6, 6.07) is 16.1. The molecule has 3 N–H and O–H groups in total. The third-order valence-corrected chi connectivity index (χ3v) is 6.00. The van der Waals surface area contributed by atoms with Gasteiger partial charge < -0.3 is 25.4 Å². The van der Waals surface area contributed by atoms with E-state index in [1.807, 2.05) is 74.5 Å². The van der Waals surface area contributed by atoms with E-state index in [2.05, 4.69) is 16.0 Å². The standard InChI is InChI=1S/C31H43N3O6/c1-21(2)19-25(28(36)33-26(29(37)39-6)20-23-15-11-8-12-16-23)32-27(35)24(34-30(38)40-31(3,4)5)18-17-22-13-9-7-10-14-22/h7-16,21,24-26H,17-20H2,1-6H3,(H,32,35)(H,33,36)(H,34,38)/t24-,25+,26-/m0/s1. The minimum absolute atomic E-state index is 0.0586. The Kier molecular flexibility index (Phi) is 12.6. The summed E-state index contributed by atoms with van der Waals surface area (Å²) in [7, 11) is 1.26. The van der Waals surface area contributed by atoms with E-state index in [1.54, 1.807) is 20.8 Å². The molecule has 2 aromatic carbocycles. The van der Waals surface area contributed by atoms with Crippen LogP contribution in [0.25, 0.3) is 0 Å². The highest BCUT2D eigenvalue weighted by Gasteiger charge is 2.31. The molecule has 0 unspecified atom stereocenters. The van der Waals surface area contributed by atoms with Crippen LogP contribution in [-0.4, -0.2) is 54.7 Å². The van der Waals surface area contributed by atoms with Crippen LogP contribution < -0.4 is 16.0 Å². The Morgan fingerprint density at radius 3 is 1.80 bits per heavy atom. The molecule has 3 atom stereocenters. The predicted molar refractivity (Wildman–Crippen MR) is 153 cm³/mol. The zero-order valence-electron chi connectivity index (χ0n) is 24.4. The zero-order chi connectivity index (χ0) is 29.7. The Morgan fingerprint density at radius 2 is 1.27 bits per heavy atom. The van der Waals surface area contributed by atoms with Crippen molar-refractivity contribution in [3.05, 3.63) is 71.8 Å². The van der Waals surface area contributed by atoms with Gasteiger partial charge in [0.05, 0.1) is 7.11 Å². The number of methoxy groups -OCH3 is 1. The van der Waals surface area contributed by atoms with E-state index in [9.17, 15) is 19.2 Å². The summed E-state index contributed by atoms with van der Waals surface area (Å²) in [5, 5.41) is 8.22. The van der Waals surface area contributed by atoms with Crippen LogP contribution >= 0.6 is 0 Å². The Bertz CT molecular complexity index is 1100. The third-order valence-electron chi connectivity index (χ3n) is 6.00. The van der Waals surface area contributed by atoms with Gasteiger partial charge in [-0.2, -0.15) is 0 Å². The quantitative estimate of drug-likeness (QED) is 0.323. The average Bonchev–Trinajstić information content (AvgIpc) is 2.89. The van der Waals surface area contributed by atoms with Gasteiger partial charge in [-0.1, -0.05) is 74.5 Å². The lowest BCUT2D eigenvalue weighted by Crippen LogP contribution is -2.56. The molecule has 9 heteroatoms. The molecule has 2 aromatic rings. The summed E-state index contributed by atoms with van der Waals surface area (Å²) in [6.07, 6.45) is 0.663. The first-order valence-corrected chi connectivity index (χ1v) is 13.6. The van der Waals surface area contributed by atoms with Crippen molar-refractivity contribution in [3.63, 3.8) is 0 Å². The minimum atomic E-state index is -0.946. The van der Waals surface area contributed by atoms with E-state index in [0.717, 1.165) is 11.1 Å². The van der Waals surface area contributed by atoms with E-state index in [1.165, 1.54) is 7.11 Å². The number of amides is 3. The zero-order valence-corrected chi connectivity index (χ0v) is 24.4. The molecule has 40 heavy (non-hydrogen) atoms. The van der Waals surface area contributed by atoms with Crippen LogP contribution in [0.2, 0.25) is 0 Å². The second kappa shape index (κ2) is 15.6. The van der Waals surface area contributed by atoms with Crippen LogP contribution in [0, 0.1) is 5.92 Å². The molecular formula is C31H43N3O6. The molecule has 0 aliphatic carbocycles. The monoisotopic (exact) mass is 553 g/mol. The lowest BCUT2D eigenvalue weighted by Gasteiger charge is -2.27. The van der Waals surface area contributed by atoms with Gasteiger partial charge in [0.2, 0.25) is 11.8 Å². The maximum atomic E-state index is 13.5. The summed E-state index contributed by atoms with van der Waals surface area (Å²) < 4.78 is 10.3. The molecule has 3 amide bonds. The van der Waals surface area contributed by atoms with E-state index < -0.39 is 47.6 Å². The molecule has 0 aliphatic rings. The number of carbonyl (C=O) groups excluding carboxylic acids is 4. The number of carbonyl (C=O) groups is 4. The van der Waals surface area contributed by atoms with Crippen LogP contribution in [-0.2, 0) is 36.7 Å². The molecule has 0 saturated heterocycles. The van der Waals surface area contributed by atoms with Crippen molar-refractivity contribution in [1.29, 1.82) is 0 Å². The van der Waals surface area contributed by atoms with Gasteiger partial charge in [0.25, 0.3) is 0 Å². The first-order valence-electron chi connectivity index (χ1n) is 13.6. The van der Waals surface area contributed by atoms with Crippen LogP contribution in [0.1, 0.15) is 58.6 Å². The Morgan fingerprint density at radius 1 is 0.750 bits per heavy atom. The number of alkyl carbamates (subject to hydrolysis) is 1. The maximum Gasteiger partial charge on any atom is 0.408 e. The van der Waals surface area contributed by atoms with Crippen molar-refractivity contribution >= 4 is 23.9 Å². The Labute approximate surface area is 237 Å². The van der Waals surface area contributed by atoms with Gasteiger partial charge >= 0.3 is 12.1 Å². The van der Waals surface area contributed by atoms with Gasteiger partial charge in [-0.3, -0.25) is 9.59 Å². The molecule has 0 spiro atoms. The molecule has 0 aromatic heterocycles. The van der Waals surface area contributed by atoms with Gasteiger partial charge in [0.1, 0.15) is 23.7 Å². The molecule has 2 rings (SSSR count). The molecule has 218 valence electrons. The summed E-state index contributed by atoms with van der Waals surface area (Å²) in [4.78, 5) is 51.9. The number of rotatable bonds is 13. The molecule has 0 aliphatic heterocycles. The summed E-state index contributed by atoms with van der Waals surface area (Å²) in [6.45, 7) is 9.07. The van der Waals surface area contributed by atoms with Crippen molar-refractivity contribution < 1.29 is 28.7 Å². The lowest BCUT2D eigenvalue weighted by atomic mass is 10.00. The van der Waals surface area contributed by atoms with Crippen LogP contribution in [0.3, 0.4) is 0 Å². The highest BCUT2D eigenvalue weighted by atomic mass is 16.6. The van der Waals surface area contributed by atoms with Gasteiger partial charge in [-0.05, 0) is 57.1 Å². The van der Waals surface area contributed by atoms with E-state index >= 15 is 0 Å². The van der Waals surface area contributed by atoms with Crippen molar-refractivity contribution in [2.45, 2.75) is 84.0 Å². The average molecular weight is 554 g/mol. The number of nitrogens with one attached hydrogen (secondary N) is 3. The van der Waals surface area contributed by atoms with Gasteiger partial charge in [-0.25, -0.2) is 9.59 Å². The number of hydrogen-bond donors (Lipinski definition) is 3. The second-order valence-electron chi connectivity index (χ2n) is 11.2. The number of benzene rings is 2. The highest BCUT2D eigenvalue weighted by molar-refractivity contribution is 5.93. The SMILES string of the molecule is COC(=O)[C@H](Cc1ccccc1)NC(=O)[C@@H](CC(C)C)NC(=O)[C@H](CCc1ccccc1)NC(=O)OC(C)(C)C. The van der Waals surface area contributed by atoms with Crippen molar-refractivity contribution in [3.8, 4) is 0 Å². The minimum Gasteiger partial charge on any atom is -0.467 e. The molecule has 0 saturated carbocycles. The summed E-state index contributed by atoms with van der Waals surface area (Å²) in [5.41, 5.74) is 1.11. The molecule has 9 nitrogen and oxygen atoms in total. The van der Waals surface area contributed by atoms with Crippen LogP contribution in [0.5, 0.6) is 0 Å². The van der Waals surface area contributed by atoms with E-state index in [-0.39, 0.29) is 12.3 Å². The fraction of sp³-hybridized carbons (Fsp3) is 0.484. The first kappa shape index (κ1) is 32.3. The van der Waals surface area contributed by atoms with Crippen LogP contribution in [0.4, 0.5) is 4.79 Å². The molecule has 0 heterocycles. The summed E-state index contributed by atoms with van der Waals surface area (Å²) in [5.74, 6) is -1.55. The highest BCUT2D eigenvalue weighted by Crippen LogP contribution is 2.12. The van der Waals surface area contributed by atoms with Crippen molar-refractivity contribution in [2.75, 3.05) is 7.11 Å². The predicted octanol–water partition coefficient (Wildman–Crippen LogP) is 3.94. The smallest absolute Gasteiger partial charge is 0.408 e. The van der Waals surface area contributed by atoms with Crippen molar-refractivity contribution in [1.82, 2.24) is 16.0 Å². The molecule has 0 fully saturated rings. The number of hydrogen-bond acceptors (Lipinski definition) is 6. The third kappa shape index (κ3) is 11.9. The lowest BCUT2D eigenvalue weighted by molar-refractivity contribution is -0.145. The van der Waals surface area contributed by atoms with E-state index in [4.69, 9.17) is 9.47 Å². The maximum absolute atomic E-state index is 13.5. The largest absolute Gasteiger partial charge is 0.467 e. The number of esters is 1. The topological polar surface area (TPSA) is 123 Å². The van der Waals surface area contributed by atoms with Gasteiger partial charge in [-0.15, -0.1) is 0 Å². The number of aryl methyl sites for hydroxylation is 1. The molecule has 0 radical (unpaired) electrons. The van der Waals surface area contributed by atoms with Crippen LogP contribution in [0.15, 0.2) is 60.7 Å². The van der Waals surface area contributed by atoms with E-state index in [0.29, 0.717) is 19.3 Å². The second-order valence-corrected chi connectivity index (χ2v) is 11.2. The van der Waals surface area contributed by atoms with Gasteiger partial charge in [0.15, 0.2) is 0 Å². The fourth-order valence-electron chi connectivity index (χ4n) is 4.11. The normalized spacial score (nSPS) is 13.5. The summed E-state index contributed by atoms with van der Waals surface area (Å²) >= 11 is 0. The van der Waals surface area contributed by atoms with Gasteiger partial charge in [0, 0.05) is 6.42 Å². The Balaban J connectivity index is 2.20. The fourth-order valence-corrected chi connectivity index (χ4v) is 4.11. The first-order chi connectivity index (χ1) is 18.9. The number of ether oxygens (including phenoxy) is 2. The molecule has 0 bridgehead atoms. The Hall–Kier alpha value is -3.88. The van der Waals surface area contributed by atoms with Crippen molar-refractivity contribution in [2.24, 2.45) is 5.92 Å². The molecular weight excluding hydrogens is 510 g/mol.